The molecule has 198 valence electrons. The maximum atomic E-state index is 13.2. The Kier molecular flexibility index (Phi) is 5.59. The van der Waals surface area contributed by atoms with Crippen molar-refractivity contribution >= 4 is 28.8 Å². The molecule has 1 aromatic carbocycles. The summed E-state index contributed by atoms with van der Waals surface area (Å²) >= 11 is 0. The molecule has 0 unspecified atom stereocenters. The molecule has 0 bridgehead atoms. The van der Waals surface area contributed by atoms with E-state index in [4.69, 9.17) is 4.98 Å². The minimum atomic E-state index is -0.630. The van der Waals surface area contributed by atoms with Crippen molar-refractivity contribution in [1.82, 2.24) is 34.4 Å². The van der Waals surface area contributed by atoms with Crippen molar-refractivity contribution in [2.75, 3.05) is 13.1 Å². The van der Waals surface area contributed by atoms with Crippen molar-refractivity contribution in [2.45, 2.75) is 44.8 Å². The number of imide groups is 1. The molecule has 3 aliphatic heterocycles. The minimum absolute atomic E-state index is 0.173. The van der Waals surface area contributed by atoms with Crippen LogP contribution < -0.4 is 5.32 Å². The highest BCUT2D eigenvalue weighted by atomic mass is 16.2. The van der Waals surface area contributed by atoms with Gasteiger partial charge in [0.05, 0.1) is 5.69 Å². The van der Waals surface area contributed by atoms with Gasteiger partial charge in [0.15, 0.2) is 5.82 Å². The normalized spacial score (nSPS) is 19.8. The van der Waals surface area contributed by atoms with Crippen LogP contribution >= 0.6 is 0 Å². The predicted octanol–water partition coefficient (Wildman–Crippen LogP) is 2.78. The molecule has 1 N–H and O–H groups in total. The van der Waals surface area contributed by atoms with Gasteiger partial charge < -0.3 is 4.90 Å². The van der Waals surface area contributed by atoms with Crippen LogP contribution in [-0.4, -0.2) is 66.0 Å². The fraction of sp³-hybridized carbons (Fsp3) is 0.345. The van der Waals surface area contributed by atoms with E-state index in [0.717, 1.165) is 53.3 Å². The molecular formula is C29H29N7O3. The standard InChI is InChI=1S/C29H29N7O3/c1-33-12-9-25(32-33)35-13-8-21-20(16-34-10-2-3-11-34)15-23(30-27(21)35)18-4-5-22-19(14-18)17-36(29(22)39)24-6-7-26(37)31-28(24)38/h4-5,8-9,12-15,24H,2-3,6-7,10-11,16-17H2,1H3,(H,31,37,38)/t24-/m0/s1. The van der Waals surface area contributed by atoms with Crippen LogP contribution in [0.25, 0.3) is 28.1 Å². The Morgan fingerprint density at radius 1 is 1.03 bits per heavy atom. The summed E-state index contributed by atoms with van der Waals surface area (Å²) in [5, 5.41) is 8.06. The minimum Gasteiger partial charge on any atom is -0.322 e. The van der Waals surface area contributed by atoms with E-state index in [1.54, 1.807) is 9.58 Å². The quantitative estimate of drug-likeness (QED) is 0.404. The van der Waals surface area contributed by atoms with E-state index in [-0.39, 0.29) is 18.2 Å². The number of fused-ring (bicyclic) bond motifs is 2. The molecule has 0 aliphatic carbocycles. The number of aromatic nitrogens is 4. The number of carbonyl (C=O) groups excluding carboxylic acids is 3. The molecule has 6 heterocycles. The molecule has 3 amide bonds. The van der Waals surface area contributed by atoms with E-state index in [0.29, 0.717) is 18.5 Å². The second-order valence-electron chi connectivity index (χ2n) is 10.7. The van der Waals surface area contributed by atoms with Crippen LogP contribution in [0.2, 0.25) is 0 Å². The molecule has 3 aromatic heterocycles. The Morgan fingerprint density at radius 3 is 2.64 bits per heavy atom. The van der Waals surface area contributed by atoms with Crippen molar-refractivity contribution in [2.24, 2.45) is 7.05 Å². The predicted molar refractivity (Wildman–Crippen MR) is 144 cm³/mol. The van der Waals surface area contributed by atoms with Gasteiger partial charge in [-0.25, -0.2) is 4.98 Å². The fourth-order valence-electron chi connectivity index (χ4n) is 6.09. The molecule has 39 heavy (non-hydrogen) atoms. The summed E-state index contributed by atoms with van der Waals surface area (Å²) in [6.07, 6.45) is 6.97. The number of hydrogen-bond donors (Lipinski definition) is 1. The van der Waals surface area contributed by atoms with Gasteiger partial charge in [-0.05, 0) is 67.7 Å². The SMILES string of the molecule is Cn1ccc(-n2ccc3c(CN4CCCC4)cc(-c4ccc5c(c4)CN([C@H]4CCC(=O)NC4=O)C5=O)nc32)n1. The summed E-state index contributed by atoms with van der Waals surface area (Å²) in [6, 6.07) is 11.4. The maximum Gasteiger partial charge on any atom is 0.255 e. The van der Waals surface area contributed by atoms with Gasteiger partial charge in [-0.2, -0.15) is 5.10 Å². The van der Waals surface area contributed by atoms with Gasteiger partial charge in [0.1, 0.15) is 11.7 Å². The summed E-state index contributed by atoms with van der Waals surface area (Å²) in [5.74, 6) is -0.0529. The number of amides is 3. The number of carbonyl (C=O) groups is 3. The molecule has 1 atom stereocenters. The van der Waals surface area contributed by atoms with Gasteiger partial charge in [0, 0.05) is 61.5 Å². The first-order valence-electron chi connectivity index (χ1n) is 13.5. The van der Waals surface area contributed by atoms with Crippen LogP contribution in [0.3, 0.4) is 0 Å². The molecule has 4 aromatic rings. The molecule has 0 saturated carbocycles. The second kappa shape index (κ2) is 9.16. The average molecular weight is 524 g/mol. The van der Waals surface area contributed by atoms with E-state index in [1.165, 1.54) is 18.4 Å². The van der Waals surface area contributed by atoms with Gasteiger partial charge in [0.25, 0.3) is 5.91 Å². The molecule has 7 rings (SSSR count). The van der Waals surface area contributed by atoms with Gasteiger partial charge in [-0.15, -0.1) is 0 Å². The van der Waals surface area contributed by atoms with Crippen molar-refractivity contribution in [3.63, 3.8) is 0 Å². The summed E-state index contributed by atoms with van der Waals surface area (Å²) in [7, 11) is 1.90. The first-order chi connectivity index (χ1) is 18.9. The molecule has 0 radical (unpaired) electrons. The number of nitrogens with one attached hydrogen (secondary N) is 1. The highest BCUT2D eigenvalue weighted by Crippen LogP contribution is 2.33. The number of aryl methyl sites for hydroxylation is 1. The monoisotopic (exact) mass is 523 g/mol. The number of likely N-dealkylation sites (tertiary alicyclic amines) is 1. The third-order valence-corrected chi connectivity index (χ3v) is 8.10. The lowest BCUT2D eigenvalue weighted by Gasteiger charge is -2.29. The maximum absolute atomic E-state index is 13.2. The summed E-state index contributed by atoms with van der Waals surface area (Å²) in [6.45, 7) is 3.38. The lowest BCUT2D eigenvalue weighted by Crippen LogP contribution is -2.52. The number of hydrogen-bond acceptors (Lipinski definition) is 6. The van der Waals surface area contributed by atoms with Crippen LogP contribution in [0.4, 0.5) is 0 Å². The van der Waals surface area contributed by atoms with E-state index >= 15 is 0 Å². The largest absolute Gasteiger partial charge is 0.322 e. The smallest absolute Gasteiger partial charge is 0.255 e. The van der Waals surface area contributed by atoms with E-state index in [1.807, 2.05) is 48.3 Å². The number of rotatable bonds is 5. The van der Waals surface area contributed by atoms with Gasteiger partial charge in [-0.3, -0.25) is 33.8 Å². The molecule has 0 spiro atoms. The van der Waals surface area contributed by atoms with Gasteiger partial charge in [0.2, 0.25) is 11.8 Å². The zero-order valence-electron chi connectivity index (χ0n) is 21.8. The van der Waals surface area contributed by atoms with Crippen LogP contribution in [0.15, 0.2) is 48.8 Å². The number of pyridine rings is 1. The topological polar surface area (TPSA) is 105 Å². The Hall–Kier alpha value is -4.31. The number of benzene rings is 1. The molecule has 2 fully saturated rings. The van der Waals surface area contributed by atoms with Crippen LogP contribution in [0.5, 0.6) is 0 Å². The highest BCUT2D eigenvalue weighted by Gasteiger charge is 2.39. The van der Waals surface area contributed by atoms with Crippen LogP contribution in [0.1, 0.15) is 47.2 Å². The van der Waals surface area contributed by atoms with Crippen molar-refractivity contribution in [3.05, 3.63) is 65.5 Å². The first kappa shape index (κ1) is 23.8. The van der Waals surface area contributed by atoms with Crippen LogP contribution in [-0.2, 0) is 29.7 Å². The average Bonchev–Trinajstić information content (AvgIpc) is 3.72. The van der Waals surface area contributed by atoms with Crippen molar-refractivity contribution in [1.29, 1.82) is 0 Å². The third kappa shape index (κ3) is 4.11. The summed E-state index contributed by atoms with van der Waals surface area (Å²) in [4.78, 5) is 46.4. The molecule has 10 heteroatoms. The third-order valence-electron chi connectivity index (χ3n) is 8.10. The van der Waals surface area contributed by atoms with E-state index in [2.05, 4.69) is 27.4 Å². The Bertz CT molecular complexity index is 1650. The lowest BCUT2D eigenvalue weighted by atomic mass is 10.0. The van der Waals surface area contributed by atoms with E-state index < -0.39 is 11.9 Å². The Balaban J connectivity index is 1.27. The molecule has 3 aliphatic rings. The second-order valence-corrected chi connectivity index (χ2v) is 10.7. The number of nitrogens with zero attached hydrogens (tertiary/aromatic N) is 6. The van der Waals surface area contributed by atoms with Crippen molar-refractivity contribution < 1.29 is 14.4 Å². The Labute approximate surface area is 225 Å². The molecule has 2 saturated heterocycles. The summed E-state index contributed by atoms with van der Waals surface area (Å²) < 4.78 is 3.80. The lowest BCUT2D eigenvalue weighted by molar-refractivity contribution is -0.136. The molecule has 10 nitrogen and oxygen atoms in total. The summed E-state index contributed by atoms with van der Waals surface area (Å²) in [5.41, 5.74) is 5.28. The van der Waals surface area contributed by atoms with Crippen molar-refractivity contribution in [3.8, 4) is 17.1 Å². The number of piperidine rings is 1. The first-order valence-corrected chi connectivity index (χ1v) is 13.5. The molecular weight excluding hydrogens is 494 g/mol. The Morgan fingerprint density at radius 2 is 1.87 bits per heavy atom. The van der Waals surface area contributed by atoms with Crippen LogP contribution in [0, 0.1) is 0 Å². The fourth-order valence-corrected chi connectivity index (χ4v) is 6.09. The van der Waals surface area contributed by atoms with E-state index in [9.17, 15) is 14.4 Å². The van der Waals surface area contributed by atoms with Gasteiger partial charge in [-0.1, -0.05) is 6.07 Å². The zero-order valence-corrected chi connectivity index (χ0v) is 21.8. The van der Waals surface area contributed by atoms with Gasteiger partial charge >= 0.3 is 0 Å². The zero-order chi connectivity index (χ0) is 26.7. The highest BCUT2D eigenvalue weighted by molar-refractivity contribution is 6.05.